The lowest BCUT2D eigenvalue weighted by molar-refractivity contribution is -0.118. The second-order valence-electron chi connectivity index (χ2n) is 7.29. The highest BCUT2D eigenvalue weighted by Crippen LogP contribution is 2.23. The Kier molecular flexibility index (Phi) is 5.71. The molecule has 1 saturated heterocycles. The molecule has 0 atom stereocenters. The largest absolute Gasteiger partial charge is 0.312 e. The van der Waals surface area contributed by atoms with Crippen LogP contribution < -0.4 is 9.80 Å². The number of hydrogen-bond donors (Lipinski definition) is 0. The maximum Gasteiger partial charge on any atom is 0.231 e. The van der Waals surface area contributed by atoms with Gasteiger partial charge in [0.1, 0.15) is 0 Å². The molecule has 0 N–H and O–H groups in total. The summed E-state index contributed by atoms with van der Waals surface area (Å²) in [4.78, 5) is 28.7. The van der Waals surface area contributed by atoms with Crippen molar-refractivity contribution in [1.29, 1.82) is 0 Å². The van der Waals surface area contributed by atoms with Gasteiger partial charge >= 0.3 is 0 Å². The fraction of sp³-hybridized carbons (Fsp3) is 0.200. The second kappa shape index (κ2) is 8.74. The number of para-hydroxylation sites is 1. The molecule has 1 heterocycles. The predicted molar refractivity (Wildman–Crippen MR) is 116 cm³/mol. The van der Waals surface area contributed by atoms with E-state index in [1.165, 1.54) is 0 Å². The minimum Gasteiger partial charge on any atom is -0.312 e. The Hall–Kier alpha value is -3.40. The van der Waals surface area contributed by atoms with Crippen LogP contribution in [0.4, 0.5) is 11.4 Å². The van der Waals surface area contributed by atoms with Gasteiger partial charge < -0.3 is 9.80 Å². The lowest BCUT2D eigenvalue weighted by Crippen LogP contribution is -2.31. The third-order valence-electron chi connectivity index (χ3n) is 5.23. The van der Waals surface area contributed by atoms with Gasteiger partial charge in [-0.05, 0) is 41.8 Å². The Labute approximate surface area is 171 Å². The molecular weight excluding hydrogens is 360 g/mol. The molecule has 3 aromatic rings. The van der Waals surface area contributed by atoms with E-state index in [-0.39, 0.29) is 11.8 Å². The summed E-state index contributed by atoms with van der Waals surface area (Å²) in [6, 6.07) is 27.6. The first kappa shape index (κ1) is 18.9. The molecule has 1 aliphatic heterocycles. The highest BCUT2D eigenvalue weighted by molar-refractivity contribution is 5.96. The van der Waals surface area contributed by atoms with Gasteiger partial charge in [0.2, 0.25) is 11.8 Å². The van der Waals surface area contributed by atoms with E-state index >= 15 is 0 Å². The minimum absolute atomic E-state index is 0.0463. The van der Waals surface area contributed by atoms with Crippen molar-refractivity contribution in [3.8, 4) is 0 Å². The Balaban J connectivity index is 1.51. The van der Waals surface area contributed by atoms with Crippen LogP contribution in [0.2, 0.25) is 0 Å². The number of benzene rings is 3. The molecular formula is C25H24N2O2. The lowest BCUT2D eigenvalue weighted by atomic mass is 10.1. The van der Waals surface area contributed by atoms with Crippen molar-refractivity contribution in [2.24, 2.45) is 0 Å². The summed E-state index contributed by atoms with van der Waals surface area (Å²) in [5, 5.41) is 0. The minimum atomic E-state index is 0.0463. The Morgan fingerprint density at radius 3 is 2.10 bits per heavy atom. The zero-order valence-corrected chi connectivity index (χ0v) is 16.3. The highest BCUT2D eigenvalue weighted by atomic mass is 16.2. The van der Waals surface area contributed by atoms with Crippen LogP contribution in [0.25, 0.3) is 0 Å². The highest BCUT2D eigenvalue weighted by Gasteiger charge is 2.22. The lowest BCUT2D eigenvalue weighted by Gasteiger charge is -2.23. The molecule has 0 aliphatic carbocycles. The van der Waals surface area contributed by atoms with Crippen LogP contribution in [0, 0.1) is 0 Å². The van der Waals surface area contributed by atoms with Crippen LogP contribution >= 0.6 is 0 Å². The van der Waals surface area contributed by atoms with E-state index in [9.17, 15) is 9.59 Å². The van der Waals surface area contributed by atoms with Crippen molar-refractivity contribution in [3.63, 3.8) is 0 Å². The molecule has 4 heteroatoms. The van der Waals surface area contributed by atoms with E-state index < -0.39 is 0 Å². The van der Waals surface area contributed by atoms with Gasteiger partial charge in [-0.15, -0.1) is 0 Å². The van der Waals surface area contributed by atoms with Gasteiger partial charge in [0.15, 0.2) is 0 Å². The Bertz CT molecular complexity index is 969. The van der Waals surface area contributed by atoms with Gasteiger partial charge in [0, 0.05) is 24.3 Å². The summed E-state index contributed by atoms with van der Waals surface area (Å²) >= 11 is 0. The van der Waals surface area contributed by atoms with Gasteiger partial charge in [0.25, 0.3) is 0 Å². The van der Waals surface area contributed by atoms with Gasteiger partial charge in [-0.1, -0.05) is 60.7 Å². The summed E-state index contributed by atoms with van der Waals surface area (Å²) in [6.07, 6.45) is 1.84. The molecule has 4 nitrogen and oxygen atoms in total. The predicted octanol–water partition coefficient (Wildman–Crippen LogP) is 4.59. The first-order chi connectivity index (χ1) is 14.2. The standard InChI is InChI=1S/C25H24N2O2/c28-24-12-7-17-26(24)23-15-13-20(14-16-23)18-25(29)27(22-10-5-2-6-11-22)19-21-8-3-1-4-9-21/h1-6,8-11,13-16H,7,12,17-19H2. The van der Waals surface area contributed by atoms with Gasteiger partial charge in [-0.2, -0.15) is 0 Å². The normalized spacial score (nSPS) is 13.5. The van der Waals surface area contributed by atoms with E-state index in [2.05, 4.69) is 0 Å². The maximum atomic E-state index is 13.2. The molecule has 2 amide bonds. The third kappa shape index (κ3) is 4.54. The Morgan fingerprint density at radius 2 is 1.48 bits per heavy atom. The fourth-order valence-electron chi connectivity index (χ4n) is 3.68. The zero-order valence-electron chi connectivity index (χ0n) is 16.3. The summed E-state index contributed by atoms with van der Waals surface area (Å²) < 4.78 is 0. The van der Waals surface area contributed by atoms with E-state index in [1.807, 2.05) is 94.7 Å². The van der Waals surface area contributed by atoms with Crippen molar-refractivity contribution in [2.75, 3.05) is 16.3 Å². The molecule has 29 heavy (non-hydrogen) atoms. The number of rotatable bonds is 6. The summed E-state index contributed by atoms with van der Waals surface area (Å²) in [7, 11) is 0. The topological polar surface area (TPSA) is 40.6 Å². The molecule has 1 aliphatic rings. The van der Waals surface area contributed by atoms with Crippen molar-refractivity contribution in [2.45, 2.75) is 25.8 Å². The van der Waals surface area contributed by atoms with Crippen LogP contribution in [0.3, 0.4) is 0 Å². The quantitative estimate of drug-likeness (QED) is 0.624. The molecule has 0 spiro atoms. The van der Waals surface area contributed by atoms with E-state index in [1.54, 1.807) is 0 Å². The van der Waals surface area contributed by atoms with Crippen molar-refractivity contribution >= 4 is 23.2 Å². The SMILES string of the molecule is O=C1CCCN1c1ccc(CC(=O)N(Cc2ccccc2)c2ccccc2)cc1. The molecule has 0 saturated carbocycles. The van der Waals surface area contributed by atoms with E-state index in [0.29, 0.717) is 19.4 Å². The zero-order chi connectivity index (χ0) is 20.1. The number of anilines is 2. The molecule has 1 fully saturated rings. The van der Waals surface area contributed by atoms with Gasteiger partial charge in [-0.3, -0.25) is 9.59 Å². The number of carbonyl (C=O) groups is 2. The van der Waals surface area contributed by atoms with Crippen molar-refractivity contribution in [1.82, 2.24) is 0 Å². The average Bonchev–Trinajstić information content (AvgIpc) is 3.20. The average molecular weight is 384 g/mol. The fourth-order valence-corrected chi connectivity index (χ4v) is 3.68. The number of hydrogen-bond acceptors (Lipinski definition) is 2. The van der Waals surface area contributed by atoms with Crippen LogP contribution in [-0.2, 0) is 22.6 Å². The first-order valence-corrected chi connectivity index (χ1v) is 9.99. The molecule has 146 valence electrons. The molecule has 0 unspecified atom stereocenters. The van der Waals surface area contributed by atoms with Crippen molar-refractivity contribution < 1.29 is 9.59 Å². The van der Waals surface area contributed by atoms with Crippen LogP contribution in [0.5, 0.6) is 0 Å². The molecule has 0 aromatic heterocycles. The molecule has 0 bridgehead atoms. The second-order valence-corrected chi connectivity index (χ2v) is 7.29. The summed E-state index contributed by atoms with van der Waals surface area (Å²) in [5.74, 6) is 0.219. The Morgan fingerprint density at radius 1 is 0.828 bits per heavy atom. The van der Waals surface area contributed by atoms with Crippen LogP contribution in [0.1, 0.15) is 24.0 Å². The molecule has 4 rings (SSSR count). The van der Waals surface area contributed by atoms with Gasteiger partial charge in [0.05, 0.1) is 13.0 Å². The van der Waals surface area contributed by atoms with Gasteiger partial charge in [-0.25, -0.2) is 0 Å². The summed E-state index contributed by atoms with van der Waals surface area (Å²) in [5.41, 5.74) is 3.83. The third-order valence-corrected chi connectivity index (χ3v) is 5.23. The van der Waals surface area contributed by atoms with E-state index in [4.69, 9.17) is 0 Å². The van der Waals surface area contributed by atoms with Crippen LogP contribution in [-0.4, -0.2) is 18.4 Å². The number of carbonyl (C=O) groups excluding carboxylic acids is 2. The molecule has 0 radical (unpaired) electrons. The van der Waals surface area contributed by atoms with Crippen molar-refractivity contribution in [3.05, 3.63) is 96.1 Å². The van der Waals surface area contributed by atoms with Crippen LogP contribution in [0.15, 0.2) is 84.9 Å². The molecule has 3 aromatic carbocycles. The maximum absolute atomic E-state index is 13.2. The monoisotopic (exact) mass is 384 g/mol. The number of nitrogens with zero attached hydrogens (tertiary/aromatic N) is 2. The first-order valence-electron chi connectivity index (χ1n) is 9.99. The van der Waals surface area contributed by atoms with E-state index in [0.717, 1.165) is 35.5 Å². The summed E-state index contributed by atoms with van der Waals surface area (Å²) in [6.45, 7) is 1.31. The number of amides is 2. The smallest absolute Gasteiger partial charge is 0.231 e.